The molecule has 2 aromatic rings. The molecule has 0 spiro atoms. The number of methoxy groups -OCH3 is 2. The third-order valence-electron chi connectivity index (χ3n) is 4.36. The lowest BCUT2D eigenvalue weighted by atomic mass is 10.0. The van der Waals surface area contributed by atoms with Crippen LogP contribution in [-0.2, 0) is 4.79 Å². The summed E-state index contributed by atoms with van der Waals surface area (Å²) < 4.78 is 10.4. The van der Waals surface area contributed by atoms with E-state index in [2.05, 4.69) is 34.5 Å². The van der Waals surface area contributed by atoms with Crippen LogP contribution < -0.4 is 31.4 Å². The van der Waals surface area contributed by atoms with Crippen LogP contribution in [0.5, 0.6) is 17.2 Å². The number of amides is 1. The molecule has 0 aliphatic carbocycles. The Hall–Kier alpha value is -4.47. The number of allylic oxidation sites excluding steroid dienone is 2. The van der Waals surface area contributed by atoms with Crippen molar-refractivity contribution < 1.29 is 19.4 Å². The quantitative estimate of drug-likeness (QED) is 0.136. The number of carbonyl (C=O) groups excluding carboxylic acids is 1. The minimum atomic E-state index is -0.941. The van der Waals surface area contributed by atoms with Crippen molar-refractivity contribution in [2.24, 2.45) is 10.7 Å². The number of phenolic OH excluding ortho intramolecular Hbond substituents is 1. The Labute approximate surface area is 185 Å². The highest BCUT2D eigenvalue weighted by Crippen LogP contribution is 2.39. The van der Waals surface area contributed by atoms with E-state index in [0.717, 1.165) is 0 Å². The Kier molecular flexibility index (Phi) is 8.23. The van der Waals surface area contributed by atoms with Crippen molar-refractivity contribution in [1.82, 2.24) is 10.9 Å². The predicted molar refractivity (Wildman–Crippen MR) is 124 cm³/mol. The topological polar surface area (TPSA) is 154 Å². The Morgan fingerprint density at radius 1 is 1.19 bits per heavy atom. The first-order valence-electron chi connectivity index (χ1n) is 9.35. The van der Waals surface area contributed by atoms with Gasteiger partial charge in [0.2, 0.25) is 5.75 Å². The number of phenols is 1. The average Bonchev–Trinajstić information content (AvgIpc) is 2.80. The SMILES string of the molecule is C=C/C=C(\N=C)NNC(=O)C(Nc1ccc(C(=N)N)cc1)c1cc(OC)c(O)c(OC)c1. The summed E-state index contributed by atoms with van der Waals surface area (Å²) in [7, 11) is 2.79. The summed E-state index contributed by atoms with van der Waals surface area (Å²) in [5.41, 5.74) is 12.3. The lowest BCUT2D eigenvalue weighted by Gasteiger charge is -2.22. The Bertz CT molecular complexity index is 1010. The molecule has 0 aromatic heterocycles. The van der Waals surface area contributed by atoms with E-state index in [1.807, 2.05) is 0 Å². The summed E-state index contributed by atoms with van der Waals surface area (Å²) >= 11 is 0. The molecular formula is C22H26N6O4. The van der Waals surface area contributed by atoms with Crippen LogP contribution in [0.1, 0.15) is 17.2 Å². The monoisotopic (exact) mass is 438 g/mol. The minimum absolute atomic E-state index is 0.0680. The van der Waals surface area contributed by atoms with Crippen molar-refractivity contribution in [2.45, 2.75) is 6.04 Å². The number of hydrazine groups is 1. The summed E-state index contributed by atoms with van der Waals surface area (Å²) in [6.45, 7) is 7.00. The van der Waals surface area contributed by atoms with Crippen LogP contribution in [0.4, 0.5) is 5.69 Å². The van der Waals surface area contributed by atoms with E-state index in [-0.39, 0.29) is 23.1 Å². The molecule has 32 heavy (non-hydrogen) atoms. The number of nitrogen functional groups attached to an aromatic ring is 1. The molecule has 2 rings (SSSR count). The van der Waals surface area contributed by atoms with Crippen LogP contribution in [0.25, 0.3) is 0 Å². The number of nitrogens with zero attached hydrogens (tertiary/aromatic N) is 1. The zero-order chi connectivity index (χ0) is 23.7. The first kappa shape index (κ1) is 23.8. The van der Waals surface area contributed by atoms with Crippen molar-refractivity contribution in [3.63, 3.8) is 0 Å². The molecular weight excluding hydrogens is 412 g/mol. The van der Waals surface area contributed by atoms with Gasteiger partial charge in [0.05, 0.1) is 14.2 Å². The number of hydrogen-bond donors (Lipinski definition) is 6. The van der Waals surface area contributed by atoms with E-state index >= 15 is 0 Å². The third kappa shape index (κ3) is 5.79. The number of amidine groups is 1. The highest BCUT2D eigenvalue weighted by atomic mass is 16.5. The molecule has 168 valence electrons. The number of rotatable bonds is 11. The number of aliphatic imine (C=N–C) groups is 1. The van der Waals surface area contributed by atoms with Crippen molar-refractivity contribution in [3.05, 3.63) is 72.1 Å². The normalized spacial score (nSPS) is 11.6. The van der Waals surface area contributed by atoms with Crippen LogP contribution in [-0.4, -0.2) is 37.8 Å². The average molecular weight is 438 g/mol. The molecule has 10 heteroatoms. The van der Waals surface area contributed by atoms with Gasteiger partial charge in [-0.15, -0.1) is 0 Å². The second-order valence-electron chi connectivity index (χ2n) is 6.40. The number of anilines is 1. The van der Waals surface area contributed by atoms with Gasteiger partial charge in [-0.25, -0.2) is 4.99 Å². The number of aromatic hydroxyl groups is 1. The molecule has 1 amide bonds. The van der Waals surface area contributed by atoms with Gasteiger partial charge in [0, 0.05) is 11.3 Å². The van der Waals surface area contributed by atoms with Gasteiger partial charge in [0.15, 0.2) is 11.5 Å². The zero-order valence-electron chi connectivity index (χ0n) is 17.8. The van der Waals surface area contributed by atoms with Gasteiger partial charge in [0.1, 0.15) is 17.7 Å². The first-order chi connectivity index (χ1) is 15.3. The number of nitrogens with one attached hydrogen (secondary N) is 4. The van der Waals surface area contributed by atoms with Crippen LogP contribution >= 0.6 is 0 Å². The fourth-order valence-corrected chi connectivity index (χ4v) is 2.74. The Balaban J connectivity index is 2.43. The molecule has 10 nitrogen and oxygen atoms in total. The molecule has 0 fully saturated rings. The van der Waals surface area contributed by atoms with Gasteiger partial charge in [-0.1, -0.05) is 12.7 Å². The zero-order valence-corrected chi connectivity index (χ0v) is 17.8. The summed E-state index contributed by atoms with van der Waals surface area (Å²) in [4.78, 5) is 16.8. The second-order valence-corrected chi connectivity index (χ2v) is 6.40. The molecule has 0 saturated carbocycles. The smallest absolute Gasteiger partial charge is 0.265 e. The maximum Gasteiger partial charge on any atom is 0.265 e. The molecule has 7 N–H and O–H groups in total. The van der Waals surface area contributed by atoms with Crippen LogP contribution in [0, 0.1) is 5.41 Å². The van der Waals surface area contributed by atoms with Gasteiger partial charge in [-0.3, -0.25) is 21.1 Å². The maximum atomic E-state index is 13.1. The summed E-state index contributed by atoms with van der Waals surface area (Å²) in [5, 5.41) is 20.9. The molecule has 0 aliphatic heterocycles. The van der Waals surface area contributed by atoms with Gasteiger partial charge < -0.3 is 25.6 Å². The summed E-state index contributed by atoms with van der Waals surface area (Å²) in [6.07, 6.45) is 3.02. The van der Waals surface area contributed by atoms with Crippen LogP contribution in [0.3, 0.4) is 0 Å². The predicted octanol–water partition coefficient (Wildman–Crippen LogP) is 2.20. The number of nitrogens with two attached hydrogens (primary N) is 1. The Morgan fingerprint density at radius 2 is 1.78 bits per heavy atom. The van der Waals surface area contributed by atoms with Crippen molar-refractivity contribution in [3.8, 4) is 17.2 Å². The minimum Gasteiger partial charge on any atom is -0.502 e. The lowest BCUT2D eigenvalue weighted by Crippen LogP contribution is -2.41. The van der Waals surface area contributed by atoms with E-state index in [4.69, 9.17) is 20.6 Å². The number of hydrogen-bond acceptors (Lipinski definition) is 8. The van der Waals surface area contributed by atoms with Crippen molar-refractivity contribution in [2.75, 3.05) is 19.5 Å². The van der Waals surface area contributed by atoms with E-state index in [1.165, 1.54) is 38.5 Å². The number of benzene rings is 2. The molecule has 1 unspecified atom stereocenters. The Morgan fingerprint density at radius 3 is 2.25 bits per heavy atom. The summed E-state index contributed by atoms with van der Waals surface area (Å²) in [5.74, 6) is -0.166. The third-order valence-corrected chi connectivity index (χ3v) is 4.36. The maximum absolute atomic E-state index is 13.1. The van der Waals surface area contributed by atoms with Crippen LogP contribution in [0.15, 0.2) is 65.9 Å². The summed E-state index contributed by atoms with van der Waals surface area (Å²) in [6, 6.07) is 8.78. The van der Waals surface area contributed by atoms with E-state index < -0.39 is 11.9 Å². The lowest BCUT2D eigenvalue weighted by molar-refractivity contribution is -0.122. The van der Waals surface area contributed by atoms with E-state index in [9.17, 15) is 9.90 Å². The van der Waals surface area contributed by atoms with Gasteiger partial charge in [0.25, 0.3) is 5.91 Å². The van der Waals surface area contributed by atoms with Gasteiger partial charge in [-0.2, -0.15) is 0 Å². The molecule has 0 bridgehead atoms. The second kappa shape index (κ2) is 11.1. The van der Waals surface area contributed by atoms with Gasteiger partial charge >= 0.3 is 0 Å². The van der Waals surface area contributed by atoms with Crippen LogP contribution in [0.2, 0.25) is 0 Å². The molecule has 0 radical (unpaired) electrons. The van der Waals surface area contributed by atoms with Gasteiger partial charge in [-0.05, 0) is 54.8 Å². The number of ether oxygens (including phenoxy) is 2. The number of carbonyl (C=O) groups is 1. The standard InChI is InChI=1S/C22H26N6O4/c1-5-6-18(25-2)27-28-22(30)19(26-15-9-7-13(8-10-15)21(23)24)14-11-16(31-3)20(29)17(12-14)32-4/h5-12,19,26-27,29H,1-2H2,3-4H3,(H3,23,24)(H,28,30)/b18-6+. The fraction of sp³-hybridized carbons (Fsp3) is 0.136. The molecule has 0 heterocycles. The largest absolute Gasteiger partial charge is 0.502 e. The molecule has 0 saturated heterocycles. The highest BCUT2D eigenvalue weighted by molar-refractivity contribution is 5.95. The molecule has 0 aliphatic rings. The fourth-order valence-electron chi connectivity index (χ4n) is 2.74. The highest BCUT2D eigenvalue weighted by Gasteiger charge is 2.24. The van der Waals surface area contributed by atoms with Crippen molar-refractivity contribution in [1.29, 1.82) is 5.41 Å². The first-order valence-corrected chi connectivity index (χ1v) is 9.35. The molecule has 2 aromatic carbocycles. The molecule has 1 atom stereocenters. The van der Waals surface area contributed by atoms with Crippen molar-refractivity contribution >= 4 is 24.1 Å². The van der Waals surface area contributed by atoms with E-state index in [1.54, 1.807) is 24.3 Å². The van der Waals surface area contributed by atoms with E-state index in [0.29, 0.717) is 22.6 Å².